The molecule has 2 aromatic rings. The van der Waals surface area contributed by atoms with E-state index in [1.54, 1.807) is 6.92 Å². The summed E-state index contributed by atoms with van der Waals surface area (Å²) in [6.07, 6.45) is 0. The molecule has 1 saturated carbocycles. The van der Waals surface area contributed by atoms with Crippen LogP contribution >= 0.6 is 0 Å². The van der Waals surface area contributed by atoms with Crippen molar-refractivity contribution in [1.82, 2.24) is 0 Å². The van der Waals surface area contributed by atoms with Crippen molar-refractivity contribution in [3.63, 3.8) is 0 Å². The minimum atomic E-state index is -0.798. The Balaban J connectivity index is 2.13. The molecule has 0 amide bonds. The molecule has 2 aromatic carbocycles. The van der Waals surface area contributed by atoms with Crippen molar-refractivity contribution in [2.24, 2.45) is 10.8 Å². The van der Waals surface area contributed by atoms with Crippen LogP contribution in [0, 0.1) is 10.8 Å². The highest BCUT2D eigenvalue weighted by Gasteiger charge is 2.65. The smallest absolute Gasteiger partial charge is 0.184 e. The number of benzene rings is 2. The van der Waals surface area contributed by atoms with Crippen LogP contribution in [0.4, 0.5) is 0 Å². The molecule has 1 heterocycles. The van der Waals surface area contributed by atoms with E-state index in [0.29, 0.717) is 5.76 Å². The molecule has 2 heteroatoms. The maximum atomic E-state index is 12.8. The summed E-state index contributed by atoms with van der Waals surface area (Å²) in [6.45, 7) is 12.6. The Kier molecular flexibility index (Phi) is 3.98. The Morgan fingerprint density at radius 3 is 1.57 bits per heavy atom. The SMILES string of the molecule is CC(=O)C1=C(C)OC(c2ccccc2)(c2ccccc2)C1=C1C(C)(C)C1(C)C. The third-order valence-corrected chi connectivity index (χ3v) is 6.97. The molecule has 1 fully saturated rings. The normalized spacial score (nSPS) is 21.5. The zero-order valence-electron chi connectivity index (χ0n) is 17.6. The lowest BCUT2D eigenvalue weighted by Gasteiger charge is -2.33. The van der Waals surface area contributed by atoms with Crippen molar-refractivity contribution in [3.8, 4) is 0 Å². The van der Waals surface area contributed by atoms with Gasteiger partial charge < -0.3 is 4.74 Å². The number of rotatable bonds is 3. The number of ether oxygens (including phenoxy) is 1. The lowest BCUT2D eigenvalue weighted by Crippen LogP contribution is -2.31. The molecule has 0 spiro atoms. The molecule has 0 unspecified atom stereocenters. The third-order valence-electron chi connectivity index (χ3n) is 6.97. The minimum absolute atomic E-state index is 0.00578. The zero-order chi connectivity index (χ0) is 20.3. The fourth-order valence-corrected chi connectivity index (χ4v) is 4.98. The van der Waals surface area contributed by atoms with Gasteiger partial charge in [-0.25, -0.2) is 0 Å². The highest BCUT2D eigenvalue weighted by molar-refractivity contribution is 6.01. The van der Waals surface area contributed by atoms with Crippen molar-refractivity contribution in [2.45, 2.75) is 47.1 Å². The lowest BCUT2D eigenvalue weighted by atomic mass is 9.76. The highest BCUT2D eigenvalue weighted by Crippen LogP contribution is 2.72. The van der Waals surface area contributed by atoms with E-state index in [9.17, 15) is 4.79 Å². The monoisotopic (exact) mass is 372 g/mol. The number of hydrogen-bond donors (Lipinski definition) is 0. The van der Waals surface area contributed by atoms with Crippen LogP contribution in [-0.2, 0) is 15.1 Å². The van der Waals surface area contributed by atoms with E-state index >= 15 is 0 Å². The fraction of sp³-hybridized carbons (Fsp3) is 0.346. The van der Waals surface area contributed by atoms with Gasteiger partial charge in [0.25, 0.3) is 0 Å². The Hall–Kier alpha value is -2.61. The number of carbonyl (C=O) groups is 1. The van der Waals surface area contributed by atoms with Crippen LogP contribution in [0.5, 0.6) is 0 Å². The molecule has 4 rings (SSSR count). The molecule has 2 aliphatic rings. The van der Waals surface area contributed by atoms with Crippen LogP contribution in [0.2, 0.25) is 0 Å². The van der Waals surface area contributed by atoms with E-state index < -0.39 is 5.60 Å². The zero-order valence-corrected chi connectivity index (χ0v) is 17.6. The predicted octanol–water partition coefficient (Wildman–Crippen LogP) is 6.19. The Morgan fingerprint density at radius 1 is 0.786 bits per heavy atom. The van der Waals surface area contributed by atoms with E-state index in [1.165, 1.54) is 5.57 Å². The fourth-order valence-electron chi connectivity index (χ4n) is 4.98. The van der Waals surface area contributed by atoms with E-state index in [2.05, 4.69) is 52.0 Å². The molecule has 0 saturated heterocycles. The van der Waals surface area contributed by atoms with Gasteiger partial charge in [-0.2, -0.15) is 0 Å². The summed E-state index contributed by atoms with van der Waals surface area (Å²) >= 11 is 0. The van der Waals surface area contributed by atoms with Crippen molar-refractivity contribution in [3.05, 3.63) is 94.3 Å². The van der Waals surface area contributed by atoms with Gasteiger partial charge in [0.2, 0.25) is 0 Å². The van der Waals surface area contributed by atoms with E-state index in [1.807, 2.05) is 43.3 Å². The van der Waals surface area contributed by atoms with Gasteiger partial charge in [-0.3, -0.25) is 4.79 Å². The number of allylic oxidation sites excluding steroid dienone is 2. The first-order valence-corrected chi connectivity index (χ1v) is 9.93. The molecule has 0 aromatic heterocycles. The molecule has 0 N–H and O–H groups in total. The van der Waals surface area contributed by atoms with Crippen LogP contribution in [0.3, 0.4) is 0 Å². The van der Waals surface area contributed by atoms with E-state index in [-0.39, 0.29) is 16.6 Å². The molecule has 2 nitrogen and oxygen atoms in total. The first kappa shape index (κ1) is 18.7. The second kappa shape index (κ2) is 5.94. The van der Waals surface area contributed by atoms with Crippen molar-refractivity contribution in [1.29, 1.82) is 0 Å². The van der Waals surface area contributed by atoms with Gasteiger partial charge in [0, 0.05) is 16.7 Å². The summed E-state index contributed by atoms with van der Waals surface area (Å²) in [4.78, 5) is 12.8. The Labute approximate surface area is 167 Å². The first-order chi connectivity index (χ1) is 13.2. The van der Waals surface area contributed by atoms with Gasteiger partial charge in [0.1, 0.15) is 5.76 Å². The molecular formula is C26H28O2. The molecule has 28 heavy (non-hydrogen) atoms. The molecule has 0 atom stereocenters. The molecule has 1 aliphatic carbocycles. The summed E-state index contributed by atoms with van der Waals surface area (Å²) in [6, 6.07) is 20.6. The second-order valence-corrected chi connectivity index (χ2v) is 9.00. The van der Waals surface area contributed by atoms with E-state index in [0.717, 1.165) is 22.3 Å². The summed E-state index contributed by atoms with van der Waals surface area (Å²) in [5.41, 5.74) is 4.42. The van der Waals surface area contributed by atoms with Gasteiger partial charge in [-0.15, -0.1) is 0 Å². The topological polar surface area (TPSA) is 26.3 Å². The van der Waals surface area contributed by atoms with Gasteiger partial charge in [0.05, 0.1) is 5.57 Å². The first-order valence-electron chi connectivity index (χ1n) is 9.93. The quantitative estimate of drug-likeness (QED) is 0.642. The molecule has 0 radical (unpaired) electrons. The van der Waals surface area contributed by atoms with Crippen molar-refractivity contribution < 1.29 is 9.53 Å². The maximum Gasteiger partial charge on any atom is 0.184 e. The number of carbonyl (C=O) groups excluding carboxylic acids is 1. The van der Waals surface area contributed by atoms with Crippen LogP contribution in [0.15, 0.2) is 83.1 Å². The molecule has 144 valence electrons. The Morgan fingerprint density at radius 2 is 1.21 bits per heavy atom. The maximum absolute atomic E-state index is 12.8. The van der Waals surface area contributed by atoms with Gasteiger partial charge in [0.15, 0.2) is 11.4 Å². The minimum Gasteiger partial charge on any atom is -0.477 e. The van der Waals surface area contributed by atoms with Gasteiger partial charge in [-0.1, -0.05) is 88.4 Å². The third kappa shape index (κ3) is 2.30. The number of hydrogen-bond acceptors (Lipinski definition) is 2. The predicted molar refractivity (Wildman–Crippen MR) is 113 cm³/mol. The summed E-state index contributed by atoms with van der Waals surface area (Å²) in [7, 11) is 0. The highest BCUT2D eigenvalue weighted by atomic mass is 16.5. The average Bonchev–Trinajstić information content (AvgIpc) is 2.92. The van der Waals surface area contributed by atoms with Gasteiger partial charge >= 0.3 is 0 Å². The summed E-state index contributed by atoms with van der Waals surface area (Å²) < 4.78 is 6.70. The number of ketones is 1. The van der Waals surface area contributed by atoms with E-state index in [4.69, 9.17) is 4.74 Å². The standard InChI is InChI=1S/C26H28O2/c1-17(27)21-18(2)28-26(19-13-9-7-10-14-19,20-15-11-8-12-16-20)22(21)23-24(3,4)25(23,5)6/h7-16H,1-6H3. The van der Waals surface area contributed by atoms with Crippen LogP contribution in [-0.4, -0.2) is 5.78 Å². The second-order valence-electron chi connectivity index (χ2n) is 9.00. The number of Topliss-reactive ketones (excluding diaryl/α,β-unsaturated/α-hetero) is 1. The molecule has 0 bridgehead atoms. The molecule has 1 aliphatic heterocycles. The largest absolute Gasteiger partial charge is 0.477 e. The summed E-state index contributed by atoms with van der Waals surface area (Å²) in [5.74, 6) is 0.772. The van der Waals surface area contributed by atoms with Crippen LogP contribution < -0.4 is 0 Å². The van der Waals surface area contributed by atoms with Crippen LogP contribution in [0.25, 0.3) is 0 Å². The van der Waals surface area contributed by atoms with Gasteiger partial charge in [-0.05, 0) is 30.3 Å². The lowest BCUT2D eigenvalue weighted by molar-refractivity contribution is -0.113. The average molecular weight is 373 g/mol. The summed E-state index contributed by atoms with van der Waals surface area (Å²) in [5, 5.41) is 0. The van der Waals surface area contributed by atoms with Crippen LogP contribution in [0.1, 0.15) is 52.7 Å². The van der Waals surface area contributed by atoms with Crippen molar-refractivity contribution >= 4 is 5.78 Å². The van der Waals surface area contributed by atoms with Crippen molar-refractivity contribution in [2.75, 3.05) is 0 Å². The Bertz CT molecular complexity index is 949. The molecular weight excluding hydrogens is 344 g/mol.